The molecule has 1 aliphatic heterocycles. The fourth-order valence-corrected chi connectivity index (χ4v) is 2.59. The van der Waals surface area contributed by atoms with E-state index >= 15 is 0 Å². The third-order valence-corrected chi connectivity index (χ3v) is 4.09. The standard InChI is InChI=1S/C12H23NOS/c1-4-15-7-5-6-13-9-11(10(2)3)8-12(13)14/h10-11H,4-9H2,1-3H3. The van der Waals surface area contributed by atoms with Crippen LogP contribution in [0.3, 0.4) is 0 Å². The molecule has 15 heavy (non-hydrogen) atoms. The monoisotopic (exact) mass is 229 g/mol. The first-order chi connectivity index (χ1) is 7.15. The highest BCUT2D eigenvalue weighted by Gasteiger charge is 2.30. The van der Waals surface area contributed by atoms with E-state index < -0.39 is 0 Å². The van der Waals surface area contributed by atoms with Crippen molar-refractivity contribution < 1.29 is 4.79 Å². The van der Waals surface area contributed by atoms with E-state index in [0.717, 1.165) is 25.9 Å². The van der Waals surface area contributed by atoms with E-state index in [-0.39, 0.29) is 0 Å². The summed E-state index contributed by atoms with van der Waals surface area (Å²) in [7, 11) is 0. The fraction of sp³-hybridized carbons (Fsp3) is 0.917. The van der Waals surface area contributed by atoms with Gasteiger partial charge < -0.3 is 4.90 Å². The Morgan fingerprint density at radius 1 is 1.53 bits per heavy atom. The molecular weight excluding hydrogens is 206 g/mol. The molecule has 0 saturated carbocycles. The summed E-state index contributed by atoms with van der Waals surface area (Å²) >= 11 is 1.96. The molecule has 0 aromatic carbocycles. The van der Waals surface area contributed by atoms with E-state index in [4.69, 9.17) is 0 Å². The lowest BCUT2D eigenvalue weighted by Crippen LogP contribution is -2.27. The highest BCUT2D eigenvalue weighted by molar-refractivity contribution is 7.99. The zero-order valence-electron chi connectivity index (χ0n) is 10.2. The number of nitrogens with zero attached hydrogens (tertiary/aromatic N) is 1. The molecule has 0 radical (unpaired) electrons. The second kappa shape index (κ2) is 6.41. The van der Waals surface area contributed by atoms with Gasteiger partial charge in [0, 0.05) is 19.5 Å². The summed E-state index contributed by atoms with van der Waals surface area (Å²) in [5.74, 6) is 3.98. The maximum absolute atomic E-state index is 11.7. The second-order valence-electron chi connectivity index (χ2n) is 4.60. The predicted molar refractivity (Wildman–Crippen MR) is 67.1 cm³/mol. The first kappa shape index (κ1) is 12.9. The van der Waals surface area contributed by atoms with Crippen LogP contribution in [-0.2, 0) is 4.79 Å². The van der Waals surface area contributed by atoms with E-state index in [2.05, 4.69) is 25.7 Å². The molecule has 0 N–H and O–H groups in total. The first-order valence-corrected chi connectivity index (χ1v) is 7.16. The van der Waals surface area contributed by atoms with E-state index in [1.54, 1.807) is 0 Å². The highest BCUT2D eigenvalue weighted by atomic mass is 32.2. The predicted octanol–water partition coefficient (Wildman–Crippen LogP) is 2.63. The number of thioether (sulfide) groups is 1. The van der Waals surface area contributed by atoms with Gasteiger partial charge in [0.25, 0.3) is 0 Å². The summed E-state index contributed by atoms with van der Waals surface area (Å²) in [4.78, 5) is 13.7. The van der Waals surface area contributed by atoms with E-state index in [1.165, 1.54) is 11.5 Å². The Kier molecular flexibility index (Phi) is 5.51. The van der Waals surface area contributed by atoms with Crippen LogP contribution in [0.2, 0.25) is 0 Å². The van der Waals surface area contributed by atoms with Crippen molar-refractivity contribution in [2.45, 2.75) is 33.6 Å². The molecule has 3 heteroatoms. The number of rotatable bonds is 6. The molecule has 88 valence electrons. The van der Waals surface area contributed by atoms with Crippen LogP contribution in [0, 0.1) is 11.8 Å². The molecule has 1 aliphatic rings. The van der Waals surface area contributed by atoms with Gasteiger partial charge in [0.15, 0.2) is 0 Å². The molecule has 1 amide bonds. The van der Waals surface area contributed by atoms with Crippen LogP contribution in [0.4, 0.5) is 0 Å². The first-order valence-electron chi connectivity index (χ1n) is 6.00. The minimum atomic E-state index is 0.371. The van der Waals surface area contributed by atoms with Gasteiger partial charge in [-0.15, -0.1) is 0 Å². The topological polar surface area (TPSA) is 20.3 Å². The summed E-state index contributed by atoms with van der Waals surface area (Å²) in [5.41, 5.74) is 0. The maximum Gasteiger partial charge on any atom is 0.222 e. The van der Waals surface area contributed by atoms with E-state index in [9.17, 15) is 4.79 Å². The van der Waals surface area contributed by atoms with Gasteiger partial charge in [0.05, 0.1) is 0 Å². The van der Waals surface area contributed by atoms with Crippen molar-refractivity contribution >= 4 is 17.7 Å². The summed E-state index contributed by atoms with van der Waals surface area (Å²) in [6, 6.07) is 0. The van der Waals surface area contributed by atoms with Crippen molar-refractivity contribution in [2.24, 2.45) is 11.8 Å². The molecule has 1 fully saturated rings. The van der Waals surface area contributed by atoms with Gasteiger partial charge in [-0.3, -0.25) is 4.79 Å². The van der Waals surface area contributed by atoms with Crippen molar-refractivity contribution in [3.63, 3.8) is 0 Å². The maximum atomic E-state index is 11.7. The molecule has 1 saturated heterocycles. The van der Waals surface area contributed by atoms with Gasteiger partial charge in [-0.2, -0.15) is 11.8 Å². The lowest BCUT2D eigenvalue weighted by atomic mass is 9.95. The average molecular weight is 229 g/mol. The van der Waals surface area contributed by atoms with Crippen LogP contribution in [0.15, 0.2) is 0 Å². The molecule has 0 aromatic rings. The summed E-state index contributed by atoms with van der Waals surface area (Å²) in [6.45, 7) is 8.57. The molecular formula is C12H23NOS. The summed E-state index contributed by atoms with van der Waals surface area (Å²) < 4.78 is 0. The normalized spacial score (nSPS) is 21.7. The Hall–Kier alpha value is -0.180. The van der Waals surface area contributed by atoms with Gasteiger partial charge in [0.2, 0.25) is 5.91 Å². The summed E-state index contributed by atoms with van der Waals surface area (Å²) in [5, 5.41) is 0. The lowest BCUT2D eigenvalue weighted by molar-refractivity contribution is -0.127. The van der Waals surface area contributed by atoms with Crippen LogP contribution in [0.1, 0.15) is 33.6 Å². The molecule has 1 rings (SSSR count). The third-order valence-electron chi connectivity index (χ3n) is 3.11. The Labute approximate surface area is 97.8 Å². The minimum Gasteiger partial charge on any atom is -0.342 e. The molecule has 1 atom stereocenters. The highest BCUT2D eigenvalue weighted by Crippen LogP contribution is 2.24. The van der Waals surface area contributed by atoms with Crippen molar-refractivity contribution in [3.8, 4) is 0 Å². The molecule has 0 spiro atoms. The van der Waals surface area contributed by atoms with Gasteiger partial charge >= 0.3 is 0 Å². The zero-order chi connectivity index (χ0) is 11.3. The third kappa shape index (κ3) is 4.06. The minimum absolute atomic E-state index is 0.371. The number of amides is 1. The van der Waals surface area contributed by atoms with E-state index in [0.29, 0.717) is 17.7 Å². The number of likely N-dealkylation sites (tertiary alicyclic amines) is 1. The van der Waals surface area contributed by atoms with E-state index in [1.807, 2.05) is 11.8 Å². The number of carbonyl (C=O) groups excluding carboxylic acids is 1. The van der Waals surface area contributed by atoms with Crippen molar-refractivity contribution in [2.75, 3.05) is 24.6 Å². The molecule has 0 aliphatic carbocycles. The number of carbonyl (C=O) groups is 1. The second-order valence-corrected chi connectivity index (χ2v) is 5.99. The fourth-order valence-electron chi connectivity index (χ4n) is 1.97. The molecule has 2 nitrogen and oxygen atoms in total. The molecule has 0 aromatic heterocycles. The van der Waals surface area contributed by atoms with Crippen LogP contribution in [-0.4, -0.2) is 35.4 Å². The molecule has 1 unspecified atom stereocenters. The summed E-state index contributed by atoms with van der Waals surface area (Å²) in [6.07, 6.45) is 1.92. The number of hydrogen-bond donors (Lipinski definition) is 0. The van der Waals surface area contributed by atoms with Crippen molar-refractivity contribution in [1.29, 1.82) is 0 Å². The smallest absolute Gasteiger partial charge is 0.222 e. The Bertz CT molecular complexity index is 206. The quantitative estimate of drug-likeness (QED) is 0.653. The average Bonchev–Trinajstić information content (AvgIpc) is 2.55. The Balaban J connectivity index is 2.22. The van der Waals surface area contributed by atoms with Crippen LogP contribution >= 0.6 is 11.8 Å². The molecule has 0 bridgehead atoms. The number of hydrogen-bond acceptors (Lipinski definition) is 2. The largest absolute Gasteiger partial charge is 0.342 e. The van der Waals surface area contributed by atoms with Crippen LogP contribution in [0.25, 0.3) is 0 Å². The lowest BCUT2D eigenvalue weighted by Gasteiger charge is -2.17. The van der Waals surface area contributed by atoms with Gasteiger partial charge in [0.1, 0.15) is 0 Å². The zero-order valence-corrected chi connectivity index (χ0v) is 11.0. The molecule has 1 heterocycles. The van der Waals surface area contributed by atoms with Crippen LogP contribution in [0.5, 0.6) is 0 Å². The van der Waals surface area contributed by atoms with Gasteiger partial charge in [-0.05, 0) is 29.8 Å². The van der Waals surface area contributed by atoms with Crippen LogP contribution < -0.4 is 0 Å². The van der Waals surface area contributed by atoms with Gasteiger partial charge in [-0.25, -0.2) is 0 Å². The van der Waals surface area contributed by atoms with Crippen molar-refractivity contribution in [1.82, 2.24) is 4.90 Å². The SMILES string of the molecule is CCSCCCN1CC(C(C)C)CC1=O. The Morgan fingerprint density at radius 3 is 2.80 bits per heavy atom. The Morgan fingerprint density at radius 2 is 2.27 bits per heavy atom. The van der Waals surface area contributed by atoms with Crippen molar-refractivity contribution in [3.05, 3.63) is 0 Å². The van der Waals surface area contributed by atoms with Gasteiger partial charge in [-0.1, -0.05) is 20.8 Å².